The van der Waals surface area contributed by atoms with E-state index in [0.717, 1.165) is 19.3 Å². The minimum atomic E-state index is -0.407. The molecule has 0 spiro atoms. The highest BCUT2D eigenvalue weighted by atomic mass is 35.5. The maximum Gasteiger partial charge on any atom is 0.281 e. The van der Waals surface area contributed by atoms with Crippen LogP contribution in [-0.4, -0.2) is 31.5 Å². The van der Waals surface area contributed by atoms with Crippen LogP contribution in [0.25, 0.3) is 22.0 Å². The number of hydrogen-bond donors (Lipinski definition) is 0. The standard InChI is InChI=1S/C16H14ClN5O3/c17-15-7-11(8-18-20-15)10-5-13-12(14(6-10)22(23)24)9-19-21(13)16-3-1-2-4-25-16/h5-9,16H,1-4H2. The monoisotopic (exact) mass is 359 g/mol. The van der Waals surface area contributed by atoms with Crippen LogP contribution >= 0.6 is 11.6 Å². The zero-order valence-corrected chi connectivity index (χ0v) is 13.9. The average Bonchev–Trinajstić information content (AvgIpc) is 3.05. The molecule has 1 saturated heterocycles. The smallest absolute Gasteiger partial charge is 0.281 e. The Morgan fingerprint density at radius 2 is 2.12 bits per heavy atom. The van der Waals surface area contributed by atoms with Crippen LogP contribution in [0.5, 0.6) is 0 Å². The van der Waals surface area contributed by atoms with E-state index in [9.17, 15) is 10.1 Å². The largest absolute Gasteiger partial charge is 0.356 e. The van der Waals surface area contributed by atoms with Crippen molar-refractivity contribution in [2.45, 2.75) is 25.5 Å². The van der Waals surface area contributed by atoms with E-state index in [2.05, 4.69) is 15.3 Å². The molecular formula is C16H14ClN5O3. The van der Waals surface area contributed by atoms with Gasteiger partial charge < -0.3 is 4.74 Å². The molecule has 8 nitrogen and oxygen atoms in total. The summed E-state index contributed by atoms with van der Waals surface area (Å²) >= 11 is 5.90. The quantitative estimate of drug-likeness (QED) is 0.522. The van der Waals surface area contributed by atoms with Crippen molar-refractivity contribution >= 4 is 28.2 Å². The second-order valence-electron chi connectivity index (χ2n) is 5.86. The van der Waals surface area contributed by atoms with E-state index in [4.69, 9.17) is 16.3 Å². The molecule has 0 bridgehead atoms. The normalized spacial score (nSPS) is 17.7. The Morgan fingerprint density at radius 1 is 1.24 bits per heavy atom. The minimum absolute atomic E-state index is 0.0116. The first-order valence-electron chi connectivity index (χ1n) is 7.89. The third kappa shape index (κ3) is 2.94. The van der Waals surface area contributed by atoms with Crippen molar-refractivity contribution in [2.75, 3.05) is 6.61 Å². The van der Waals surface area contributed by atoms with Gasteiger partial charge in [-0.25, -0.2) is 4.68 Å². The highest BCUT2D eigenvalue weighted by Gasteiger charge is 2.23. The maximum atomic E-state index is 11.5. The Bertz CT molecular complexity index is 952. The van der Waals surface area contributed by atoms with Crippen LogP contribution in [-0.2, 0) is 4.74 Å². The van der Waals surface area contributed by atoms with Gasteiger partial charge in [0.2, 0.25) is 0 Å². The first-order valence-corrected chi connectivity index (χ1v) is 8.27. The highest BCUT2D eigenvalue weighted by molar-refractivity contribution is 6.29. The lowest BCUT2D eigenvalue weighted by Gasteiger charge is -2.23. The molecule has 1 fully saturated rings. The number of non-ortho nitro benzene ring substituents is 1. The molecule has 1 aliphatic rings. The van der Waals surface area contributed by atoms with Gasteiger partial charge in [-0.15, -0.1) is 5.10 Å². The lowest BCUT2D eigenvalue weighted by Crippen LogP contribution is -2.19. The SMILES string of the molecule is O=[N+]([O-])c1cc(-c2cnnc(Cl)c2)cc2c1cnn2C1CCCCO1. The Labute approximate surface area is 147 Å². The number of aromatic nitrogens is 4. The van der Waals surface area contributed by atoms with Crippen molar-refractivity contribution in [1.29, 1.82) is 0 Å². The summed E-state index contributed by atoms with van der Waals surface area (Å²) < 4.78 is 7.51. The molecule has 1 aromatic carbocycles. The number of benzene rings is 1. The Hall–Kier alpha value is -2.58. The van der Waals surface area contributed by atoms with Crippen LogP contribution in [0.4, 0.5) is 5.69 Å². The van der Waals surface area contributed by atoms with Gasteiger partial charge in [-0.2, -0.15) is 10.2 Å². The van der Waals surface area contributed by atoms with Gasteiger partial charge in [-0.1, -0.05) is 11.6 Å². The van der Waals surface area contributed by atoms with Crippen LogP contribution in [0.15, 0.2) is 30.6 Å². The second-order valence-corrected chi connectivity index (χ2v) is 6.25. The first-order chi connectivity index (χ1) is 12.1. The average molecular weight is 360 g/mol. The van der Waals surface area contributed by atoms with Crippen LogP contribution in [0, 0.1) is 10.1 Å². The molecule has 3 heterocycles. The summed E-state index contributed by atoms with van der Waals surface area (Å²) in [5.74, 6) is 0. The summed E-state index contributed by atoms with van der Waals surface area (Å²) in [6, 6.07) is 4.97. The van der Waals surface area contributed by atoms with Crippen molar-refractivity contribution in [3.05, 3.63) is 45.9 Å². The van der Waals surface area contributed by atoms with E-state index in [1.165, 1.54) is 18.5 Å². The van der Waals surface area contributed by atoms with E-state index in [0.29, 0.717) is 28.6 Å². The van der Waals surface area contributed by atoms with Crippen LogP contribution in [0.3, 0.4) is 0 Å². The fraction of sp³-hybridized carbons (Fsp3) is 0.312. The number of hydrogen-bond acceptors (Lipinski definition) is 6. The predicted octanol–water partition coefficient (Wildman–Crippen LogP) is 3.75. The van der Waals surface area contributed by atoms with Crippen LogP contribution in [0.1, 0.15) is 25.5 Å². The number of fused-ring (bicyclic) bond motifs is 1. The van der Waals surface area contributed by atoms with E-state index >= 15 is 0 Å². The summed E-state index contributed by atoms with van der Waals surface area (Å²) in [6.45, 7) is 0.664. The van der Waals surface area contributed by atoms with Gasteiger partial charge in [0.1, 0.15) is 0 Å². The van der Waals surface area contributed by atoms with Gasteiger partial charge >= 0.3 is 0 Å². The van der Waals surface area contributed by atoms with Crippen molar-refractivity contribution in [2.24, 2.45) is 0 Å². The third-order valence-corrected chi connectivity index (χ3v) is 4.46. The number of nitro groups is 1. The van der Waals surface area contributed by atoms with Gasteiger partial charge in [-0.05, 0) is 37.0 Å². The molecule has 0 aliphatic carbocycles. The number of nitrogens with zero attached hydrogens (tertiary/aromatic N) is 5. The molecule has 1 aliphatic heterocycles. The summed E-state index contributed by atoms with van der Waals surface area (Å²) in [7, 11) is 0. The van der Waals surface area contributed by atoms with E-state index in [1.807, 2.05) is 6.07 Å². The number of nitro benzene ring substituents is 1. The lowest BCUT2D eigenvalue weighted by molar-refractivity contribution is -0.383. The van der Waals surface area contributed by atoms with Crippen molar-refractivity contribution in [3.63, 3.8) is 0 Å². The zero-order valence-electron chi connectivity index (χ0n) is 13.1. The number of halogens is 1. The van der Waals surface area contributed by atoms with E-state index in [1.54, 1.807) is 10.7 Å². The van der Waals surface area contributed by atoms with Crippen molar-refractivity contribution < 1.29 is 9.66 Å². The second kappa shape index (κ2) is 6.38. The van der Waals surface area contributed by atoms with Gasteiger partial charge in [0.05, 0.1) is 28.2 Å². The minimum Gasteiger partial charge on any atom is -0.356 e. The summed E-state index contributed by atoms with van der Waals surface area (Å²) in [5, 5.41) is 24.1. The molecule has 0 N–H and O–H groups in total. The highest BCUT2D eigenvalue weighted by Crippen LogP contribution is 2.35. The Balaban J connectivity index is 1.91. The van der Waals surface area contributed by atoms with Crippen molar-refractivity contribution in [1.82, 2.24) is 20.0 Å². The summed E-state index contributed by atoms with van der Waals surface area (Å²) in [5.41, 5.74) is 1.93. The van der Waals surface area contributed by atoms with E-state index in [-0.39, 0.29) is 17.1 Å². The molecule has 0 amide bonds. The molecule has 9 heteroatoms. The molecule has 0 radical (unpaired) electrons. The van der Waals surface area contributed by atoms with Gasteiger partial charge in [0, 0.05) is 18.2 Å². The molecule has 2 aromatic heterocycles. The van der Waals surface area contributed by atoms with E-state index < -0.39 is 4.92 Å². The summed E-state index contributed by atoms with van der Waals surface area (Å²) in [4.78, 5) is 11.1. The zero-order chi connectivity index (χ0) is 17.4. The Morgan fingerprint density at radius 3 is 2.84 bits per heavy atom. The molecule has 128 valence electrons. The molecule has 0 saturated carbocycles. The molecule has 1 atom stereocenters. The van der Waals surface area contributed by atoms with Gasteiger partial charge in [0.15, 0.2) is 11.4 Å². The fourth-order valence-corrected chi connectivity index (χ4v) is 3.25. The van der Waals surface area contributed by atoms with Gasteiger partial charge in [0.25, 0.3) is 5.69 Å². The molecule has 4 rings (SSSR count). The van der Waals surface area contributed by atoms with Crippen LogP contribution < -0.4 is 0 Å². The van der Waals surface area contributed by atoms with Crippen molar-refractivity contribution in [3.8, 4) is 11.1 Å². The maximum absolute atomic E-state index is 11.5. The number of rotatable bonds is 3. The third-order valence-electron chi connectivity index (χ3n) is 4.28. The Kier molecular flexibility index (Phi) is 4.06. The molecule has 25 heavy (non-hydrogen) atoms. The summed E-state index contributed by atoms with van der Waals surface area (Å²) in [6.07, 6.45) is 5.72. The first kappa shape index (κ1) is 15.9. The topological polar surface area (TPSA) is 96.0 Å². The molecular weight excluding hydrogens is 346 g/mol. The molecule has 1 unspecified atom stereocenters. The predicted molar refractivity (Wildman–Crippen MR) is 91.3 cm³/mol. The molecule has 3 aromatic rings. The van der Waals surface area contributed by atoms with Crippen LogP contribution in [0.2, 0.25) is 5.15 Å². The fourth-order valence-electron chi connectivity index (χ4n) is 3.09. The number of ether oxygens (including phenoxy) is 1. The lowest BCUT2D eigenvalue weighted by atomic mass is 10.0. The van der Waals surface area contributed by atoms with Gasteiger partial charge in [-0.3, -0.25) is 10.1 Å².